The van der Waals surface area contributed by atoms with Gasteiger partial charge >= 0.3 is 0 Å². The monoisotopic (exact) mass is 366 g/mol. The molecule has 0 spiro atoms. The number of fused-ring (bicyclic) bond motifs is 2. The second-order valence-electron chi connectivity index (χ2n) is 8.10. The Labute approximate surface area is 157 Å². The molecule has 0 fully saturated rings. The maximum Gasteiger partial charge on any atom is 0.272 e. The molecule has 0 radical (unpaired) electrons. The van der Waals surface area contributed by atoms with Crippen molar-refractivity contribution in [3.05, 3.63) is 46.0 Å². The molecule has 2 aromatic heterocycles. The van der Waals surface area contributed by atoms with Gasteiger partial charge in [0.1, 0.15) is 5.69 Å². The van der Waals surface area contributed by atoms with Gasteiger partial charge < -0.3 is 15.6 Å². The summed E-state index contributed by atoms with van der Waals surface area (Å²) in [7, 11) is 0. The number of pyridine rings is 1. The van der Waals surface area contributed by atoms with Crippen LogP contribution >= 0.6 is 0 Å². The Morgan fingerprint density at radius 3 is 2.81 bits per heavy atom. The van der Waals surface area contributed by atoms with Crippen LogP contribution in [0.3, 0.4) is 0 Å². The predicted molar refractivity (Wildman–Crippen MR) is 100 cm³/mol. The molecule has 0 unspecified atom stereocenters. The first kappa shape index (κ1) is 17.5. The van der Waals surface area contributed by atoms with Crippen LogP contribution in [0.15, 0.2) is 12.3 Å². The number of ketones is 1. The highest BCUT2D eigenvalue weighted by atomic mass is 16.2. The van der Waals surface area contributed by atoms with Gasteiger partial charge in [0.25, 0.3) is 11.8 Å². The molecule has 27 heavy (non-hydrogen) atoms. The third-order valence-electron chi connectivity index (χ3n) is 5.25. The summed E-state index contributed by atoms with van der Waals surface area (Å²) in [5.41, 5.74) is 4.07. The van der Waals surface area contributed by atoms with Crippen molar-refractivity contribution in [1.29, 1.82) is 0 Å². The van der Waals surface area contributed by atoms with E-state index in [9.17, 15) is 14.4 Å². The molecule has 2 aromatic rings. The van der Waals surface area contributed by atoms with Crippen LogP contribution in [0.4, 0.5) is 5.69 Å². The fourth-order valence-corrected chi connectivity index (χ4v) is 4.00. The molecular weight excluding hydrogens is 344 g/mol. The Bertz CT molecular complexity index is 987. The number of carbonyl (C=O) groups excluding carboxylic acids is 3. The van der Waals surface area contributed by atoms with E-state index in [-0.39, 0.29) is 23.0 Å². The minimum absolute atomic E-state index is 0.0705. The predicted octanol–water partition coefficient (Wildman–Crippen LogP) is 2.41. The number of H-pyrrole nitrogens is 1. The third kappa shape index (κ3) is 3.03. The number of hydrogen-bond donors (Lipinski definition) is 3. The van der Waals surface area contributed by atoms with Crippen LogP contribution in [-0.4, -0.2) is 34.1 Å². The van der Waals surface area contributed by atoms with E-state index in [4.69, 9.17) is 0 Å². The standard InChI is InChI=1S/C20H22N4O3/c1-10-16-14(7-20(2,3)8-15(16)25)24-17(10)19(27)23-11-6-12-13(22-9-11)4-5-21-18(12)26/h6,9,24H,4-5,7-8H2,1-3H3,(H,21,26)(H,23,27). The molecule has 0 bridgehead atoms. The molecule has 7 heteroatoms. The maximum absolute atomic E-state index is 12.8. The quantitative estimate of drug-likeness (QED) is 0.759. The highest BCUT2D eigenvalue weighted by Gasteiger charge is 2.35. The van der Waals surface area contributed by atoms with Gasteiger partial charge in [-0.3, -0.25) is 19.4 Å². The fourth-order valence-electron chi connectivity index (χ4n) is 4.00. The number of amides is 2. The normalized spacial score (nSPS) is 17.7. The smallest absolute Gasteiger partial charge is 0.272 e. The van der Waals surface area contributed by atoms with E-state index < -0.39 is 0 Å². The summed E-state index contributed by atoms with van der Waals surface area (Å²) < 4.78 is 0. The minimum Gasteiger partial charge on any atom is -0.354 e. The van der Waals surface area contributed by atoms with Gasteiger partial charge in [-0.25, -0.2) is 0 Å². The zero-order chi connectivity index (χ0) is 19.3. The van der Waals surface area contributed by atoms with Crippen molar-refractivity contribution >= 4 is 23.3 Å². The summed E-state index contributed by atoms with van der Waals surface area (Å²) in [6, 6.07) is 1.64. The molecule has 3 heterocycles. The first-order chi connectivity index (χ1) is 12.7. The van der Waals surface area contributed by atoms with Crippen molar-refractivity contribution in [1.82, 2.24) is 15.3 Å². The van der Waals surface area contributed by atoms with Gasteiger partial charge in [0.15, 0.2) is 5.78 Å². The van der Waals surface area contributed by atoms with Crippen molar-refractivity contribution in [2.45, 2.75) is 40.0 Å². The molecule has 1 aliphatic heterocycles. The molecule has 7 nitrogen and oxygen atoms in total. The lowest BCUT2D eigenvalue weighted by Gasteiger charge is -2.28. The molecule has 0 atom stereocenters. The van der Waals surface area contributed by atoms with E-state index in [0.29, 0.717) is 47.5 Å². The molecule has 0 saturated heterocycles. The van der Waals surface area contributed by atoms with Crippen molar-refractivity contribution in [3.8, 4) is 0 Å². The second-order valence-corrected chi connectivity index (χ2v) is 8.10. The molecule has 3 N–H and O–H groups in total. The van der Waals surface area contributed by atoms with E-state index in [1.807, 2.05) is 13.8 Å². The summed E-state index contributed by atoms with van der Waals surface area (Å²) in [6.07, 6.45) is 3.43. The zero-order valence-corrected chi connectivity index (χ0v) is 15.7. The number of Topliss-reactive ketones (excluding diaryl/α,β-unsaturated/α-hetero) is 1. The van der Waals surface area contributed by atoms with Gasteiger partial charge in [0.05, 0.1) is 23.1 Å². The Hall–Kier alpha value is -2.96. The first-order valence-electron chi connectivity index (χ1n) is 9.08. The maximum atomic E-state index is 12.8. The Kier molecular flexibility index (Phi) is 3.91. The number of aromatic nitrogens is 2. The van der Waals surface area contributed by atoms with Crippen LogP contribution < -0.4 is 10.6 Å². The van der Waals surface area contributed by atoms with E-state index in [1.54, 1.807) is 19.2 Å². The Balaban J connectivity index is 1.62. The summed E-state index contributed by atoms with van der Waals surface area (Å²) in [4.78, 5) is 44.7. The van der Waals surface area contributed by atoms with Gasteiger partial charge in [-0.05, 0) is 30.4 Å². The largest absolute Gasteiger partial charge is 0.354 e. The van der Waals surface area contributed by atoms with Gasteiger partial charge in [-0.15, -0.1) is 0 Å². The highest BCUT2D eigenvalue weighted by molar-refractivity contribution is 6.09. The number of carbonyl (C=O) groups is 3. The minimum atomic E-state index is -0.342. The lowest BCUT2D eigenvalue weighted by molar-refractivity contribution is 0.0908. The molecule has 0 saturated carbocycles. The molecule has 1 aliphatic carbocycles. The molecular formula is C20H22N4O3. The number of rotatable bonds is 2. The number of nitrogens with zero attached hydrogens (tertiary/aromatic N) is 1. The van der Waals surface area contributed by atoms with Crippen molar-refractivity contribution in [3.63, 3.8) is 0 Å². The lowest BCUT2D eigenvalue weighted by Crippen LogP contribution is -2.32. The van der Waals surface area contributed by atoms with Crippen molar-refractivity contribution in [2.24, 2.45) is 5.41 Å². The summed E-state index contributed by atoms with van der Waals surface area (Å²) in [5.74, 6) is -0.453. The van der Waals surface area contributed by atoms with Crippen LogP contribution in [0.1, 0.15) is 68.4 Å². The summed E-state index contributed by atoms with van der Waals surface area (Å²) in [6.45, 7) is 6.46. The molecule has 0 aromatic carbocycles. The average Bonchev–Trinajstić information content (AvgIpc) is 2.91. The molecule has 4 rings (SSSR count). The number of anilines is 1. The fraction of sp³-hybridized carbons (Fsp3) is 0.400. The van der Waals surface area contributed by atoms with E-state index in [0.717, 1.165) is 17.8 Å². The molecule has 140 valence electrons. The van der Waals surface area contributed by atoms with Crippen LogP contribution in [0.2, 0.25) is 0 Å². The van der Waals surface area contributed by atoms with Crippen LogP contribution in [0.25, 0.3) is 0 Å². The van der Waals surface area contributed by atoms with Gasteiger partial charge in [-0.2, -0.15) is 0 Å². The Morgan fingerprint density at radius 1 is 1.26 bits per heavy atom. The van der Waals surface area contributed by atoms with Gasteiger partial charge in [-0.1, -0.05) is 13.8 Å². The summed E-state index contributed by atoms with van der Waals surface area (Å²) in [5, 5.41) is 5.56. The summed E-state index contributed by atoms with van der Waals surface area (Å²) >= 11 is 0. The third-order valence-corrected chi connectivity index (χ3v) is 5.25. The van der Waals surface area contributed by atoms with Gasteiger partial charge in [0.2, 0.25) is 0 Å². The number of nitrogens with one attached hydrogen (secondary N) is 3. The van der Waals surface area contributed by atoms with Crippen LogP contribution in [0, 0.1) is 12.3 Å². The van der Waals surface area contributed by atoms with Gasteiger partial charge in [0, 0.05) is 30.6 Å². The Morgan fingerprint density at radius 2 is 2.04 bits per heavy atom. The molecule has 2 amide bonds. The van der Waals surface area contributed by atoms with E-state index in [1.165, 1.54) is 0 Å². The number of aromatic amines is 1. The van der Waals surface area contributed by atoms with Crippen molar-refractivity contribution in [2.75, 3.05) is 11.9 Å². The van der Waals surface area contributed by atoms with Crippen LogP contribution in [0.5, 0.6) is 0 Å². The second kappa shape index (κ2) is 6.04. The lowest BCUT2D eigenvalue weighted by atomic mass is 9.75. The van der Waals surface area contributed by atoms with Crippen molar-refractivity contribution < 1.29 is 14.4 Å². The van der Waals surface area contributed by atoms with E-state index >= 15 is 0 Å². The first-order valence-corrected chi connectivity index (χ1v) is 9.08. The van der Waals surface area contributed by atoms with E-state index in [2.05, 4.69) is 20.6 Å². The topological polar surface area (TPSA) is 104 Å². The number of hydrogen-bond acceptors (Lipinski definition) is 4. The SMILES string of the molecule is Cc1c(C(=O)Nc2cnc3c(c2)C(=O)NCC3)[nH]c2c1C(=O)CC(C)(C)C2. The average molecular weight is 366 g/mol. The van der Waals surface area contributed by atoms with Crippen LogP contribution in [-0.2, 0) is 12.8 Å². The highest BCUT2D eigenvalue weighted by Crippen LogP contribution is 2.36. The molecule has 2 aliphatic rings. The zero-order valence-electron chi connectivity index (χ0n) is 15.7.